The van der Waals surface area contributed by atoms with Gasteiger partial charge in [-0.1, -0.05) is 43.3 Å². The molecule has 132 valence electrons. The van der Waals surface area contributed by atoms with Gasteiger partial charge in [0.2, 0.25) is 11.8 Å². The van der Waals surface area contributed by atoms with Crippen molar-refractivity contribution in [3.05, 3.63) is 53.3 Å². The molecule has 0 atom stereocenters. The maximum absolute atomic E-state index is 12.1. The van der Waals surface area contributed by atoms with Gasteiger partial charge in [-0.25, -0.2) is 0 Å². The van der Waals surface area contributed by atoms with E-state index >= 15 is 0 Å². The summed E-state index contributed by atoms with van der Waals surface area (Å²) in [7, 11) is 1.57. The molecule has 1 N–H and O–H groups in total. The number of hydrogen-bond donors (Lipinski definition) is 1. The van der Waals surface area contributed by atoms with Crippen molar-refractivity contribution < 1.29 is 14.1 Å². The minimum absolute atomic E-state index is 0.0681. The van der Waals surface area contributed by atoms with Crippen LogP contribution in [0.4, 0.5) is 5.82 Å². The van der Waals surface area contributed by atoms with Gasteiger partial charge in [-0.15, -0.1) is 0 Å². The fourth-order valence-electron chi connectivity index (χ4n) is 2.19. The molecule has 0 saturated heterocycles. The average molecular weight is 341 g/mol. The van der Waals surface area contributed by atoms with Crippen molar-refractivity contribution in [3.8, 4) is 0 Å². The number of carbonyl (C=O) groups is 2. The molecule has 2 amide bonds. The highest BCUT2D eigenvalue weighted by molar-refractivity contribution is 5.97. The van der Waals surface area contributed by atoms with Gasteiger partial charge in [0.15, 0.2) is 5.82 Å². The zero-order valence-electron chi connectivity index (χ0n) is 14.9. The van der Waals surface area contributed by atoms with Gasteiger partial charge in [0.05, 0.1) is 6.54 Å². The van der Waals surface area contributed by atoms with Gasteiger partial charge < -0.3 is 14.7 Å². The molecule has 0 radical (unpaired) electrons. The number of carbonyl (C=O) groups excluding carboxylic acids is 2. The third-order valence-electron chi connectivity index (χ3n) is 3.67. The molecule has 2 aromatic rings. The Labute approximate surface area is 147 Å². The molecule has 0 saturated carbocycles. The number of rotatable bonds is 6. The standard InChI is InChI=1S/C19H23N3O3/c1-13(2)16-8-5-15(6-9-16)7-10-19(24)22(4)12-18(23)20-17-11-14(3)25-21-17/h5-11,13H,12H2,1-4H3,(H,20,21,23)/b10-7+. The second-order valence-corrected chi connectivity index (χ2v) is 6.22. The smallest absolute Gasteiger partial charge is 0.246 e. The second kappa shape index (κ2) is 8.28. The van der Waals surface area contributed by atoms with E-state index in [1.165, 1.54) is 16.5 Å². The Hall–Kier alpha value is -2.89. The van der Waals surface area contributed by atoms with Gasteiger partial charge in [-0.3, -0.25) is 9.59 Å². The zero-order chi connectivity index (χ0) is 18.4. The molecule has 0 aliphatic heterocycles. The van der Waals surface area contributed by atoms with Gasteiger partial charge in [0, 0.05) is 19.2 Å². The van der Waals surface area contributed by atoms with Crippen LogP contribution >= 0.6 is 0 Å². The Balaban J connectivity index is 1.87. The molecule has 6 nitrogen and oxygen atoms in total. The number of aryl methyl sites for hydroxylation is 1. The summed E-state index contributed by atoms with van der Waals surface area (Å²) in [4.78, 5) is 25.3. The van der Waals surface area contributed by atoms with Crippen LogP contribution < -0.4 is 5.32 Å². The molecule has 6 heteroatoms. The van der Waals surface area contributed by atoms with Crippen molar-refractivity contribution in [2.24, 2.45) is 0 Å². The second-order valence-electron chi connectivity index (χ2n) is 6.22. The van der Waals surface area contributed by atoms with Crippen LogP contribution in [0, 0.1) is 6.92 Å². The topological polar surface area (TPSA) is 75.4 Å². The summed E-state index contributed by atoms with van der Waals surface area (Å²) in [6, 6.07) is 9.65. The lowest BCUT2D eigenvalue weighted by atomic mass is 10.0. The normalized spacial score (nSPS) is 11.1. The average Bonchev–Trinajstić information content (AvgIpc) is 2.97. The highest BCUT2D eigenvalue weighted by atomic mass is 16.5. The van der Waals surface area contributed by atoms with Crippen molar-refractivity contribution >= 4 is 23.7 Å². The molecule has 2 rings (SSSR count). The highest BCUT2D eigenvalue weighted by Gasteiger charge is 2.12. The highest BCUT2D eigenvalue weighted by Crippen LogP contribution is 2.15. The minimum Gasteiger partial charge on any atom is -0.360 e. The molecule has 0 aliphatic carbocycles. The fraction of sp³-hybridized carbons (Fsp3) is 0.316. The molecule has 0 spiro atoms. The Morgan fingerprint density at radius 2 is 1.96 bits per heavy atom. The van der Waals surface area contributed by atoms with E-state index in [2.05, 4.69) is 24.3 Å². The Morgan fingerprint density at radius 1 is 1.28 bits per heavy atom. The van der Waals surface area contributed by atoms with Crippen LogP contribution in [0.1, 0.15) is 36.7 Å². The lowest BCUT2D eigenvalue weighted by Crippen LogP contribution is -2.33. The first kappa shape index (κ1) is 18.4. The van der Waals surface area contributed by atoms with E-state index in [9.17, 15) is 9.59 Å². The molecular formula is C19H23N3O3. The molecular weight excluding hydrogens is 318 g/mol. The van der Waals surface area contributed by atoms with Crippen LogP contribution in [0.25, 0.3) is 6.08 Å². The number of nitrogens with one attached hydrogen (secondary N) is 1. The fourth-order valence-corrected chi connectivity index (χ4v) is 2.19. The summed E-state index contributed by atoms with van der Waals surface area (Å²) in [5.41, 5.74) is 2.19. The van der Waals surface area contributed by atoms with Crippen LogP contribution in [0.5, 0.6) is 0 Å². The zero-order valence-corrected chi connectivity index (χ0v) is 14.9. The summed E-state index contributed by atoms with van der Waals surface area (Å²) in [5.74, 6) is 0.825. The first-order chi connectivity index (χ1) is 11.8. The minimum atomic E-state index is -0.334. The van der Waals surface area contributed by atoms with E-state index in [1.54, 1.807) is 26.1 Å². The quantitative estimate of drug-likeness (QED) is 0.819. The van der Waals surface area contributed by atoms with E-state index in [0.29, 0.717) is 17.5 Å². The van der Waals surface area contributed by atoms with Crippen LogP contribution in [-0.4, -0.2) is 35.5 Å². The van der Waals surface area contributed by atoms with E-state index in [4.69, 9.17) is 4.52 Å². The van der Waals surface area contributed by atoms with Crippen molar-refractivity contribution in [3.63, 3.8) is 0 Å². The Kier molecular flexibility index (Phi) is 6.11. The lowest BCUT2D eigenvalue weighted by molar-refractivity contribution is -0.129. The maximum Gasteiger partial charge on any atom is 0.246 e. The van der Waals surface area contributed by atoms with Crippen LogP contribution in [0.15, 0.2) is 40.9 Å². The van der Waals surface area contributed by atoms with Gasteiger partial charge in [0.1, 0.15) is 5.76 Å². The first-order valence-electron chi connectivity index (χ1n) is 8.11. The number of nitrogens with zero attached hydrogens (tertiary/aromatic N) is 2. The monoisotopic (exact) mass is 341 g/mol. The molecule has 1 aromatic carbocycles. The molecule has 0 fully saturated rings. The van der Waals surface area contributed by atoms with E-state index in [0.717, 1.165) is 5.56 Å². The van der Waals surface area contributed by atoms with Crippen LogP contribution in [-0.2, 0) is 9.59 Å². The van der Waals surface area contributed by atoms with Crippen molar-refractivity contribution in [1.82, 2.24) is 10.1 Å². The van der Waals surface area contributed by atoms with Crippen molar-refractivity contribution in [1.29, 1.82) is 0 Å². The van der Waals surface area contributed by atoms with Crippen molar-refractivity contribution in [2.45, 2.75) is 26.7 Å². The predicted octanol–water partition coefficient (Wildman–Crippen LogP) is 3.22. The first-order valence-corrected chi connectivity index (χ1v) is 8.11. The van der Waals surface area contributed by atoms with E-state index in [-0.39, 0.29) is 18.4 Å². The Morgan fingerprint density at radius 3 is 2.52 bits per heavy atom. The molecule has 0 bridgehead atoms. The molecule has 0 aliphatic rings. The summed E-state index contributed by atoms with van der Waals surface area (Å²) < 4.78 is 4.87. The third kappa shape index (κ3) is 5.60. The summed E-state index contributed by atoms with van der Waals surface area (Å²) in [5, 5.41) is 6.26. The number of amides is 2. The maximum atomic E-state index is 12.1. The largest absolute Gasteiger partial charge is 0.360 e. The number of hydrogen-bond acceptors (Lipinski definition) is 4. The van der Waals surface area contributed by atoms with Crippen LogP contribution in [0.3, 0.4) is 0 Å². The summed E-state index contributed by atoms with van der Waals surface area (Å²) in [6.45, 7) is 5.93. The number of likely N-dealkylation sites (N-methyl/N-ethyl adjacent to an activating group) is 1. The predicted molar refractivity (Wildman–Crippen MR) is 97.1 cm³/mol. The van der Waals surface area contributed by atoms with Crippen LogP contribution in [0.2, 0.25) is 0 Å². The SMILES string of the molecule is Cc1cc(NC(=O)CN(C)C(=O)/C=C/c2ccc(C(C)C)cc2)no1. The van der Waals surface area contributed by atoms with Gasteiger partial charge in [0.25, 0.3) is 0 Å². The van der Waals surface area contributed by atoms with Crippen molar-refractivity contribution in [2.75, 3.05) is 18.9 Å². The summed E-state index contributed by atoms with van der Waals surface area (Å²) >= 11 is 0. The number of benzene rings is 1. The molecule has 1 aromatic heterocycles. The Bertz CT molecular complexity index is 760. The lowest BCUT2D eigenvalue weighted by Gasteiger charge is -2.14. The number of aromatic nitrogens is 1. The van der Waals surface area contributed by atoms with Gasteiger partial charge in [-0.05, 0) is 30.0 Å². The third-order valence-corrected chi connectivity index (χ3v) is 3.67. The van der Waals surface area contributed by atoms with Gasteiger partial charge >= 0.3 is 0 Å². The molecule has 25 heavy (non-hydrogen) atoms. The van der Waals surface area contributed by atoms with E-state index in [1.807, 2.05) is 24.3 Å². The summed E-state index contributed by atoms with van der Waals surface area (Å²) in [6.07, 6.45) is 3.19. The van der Waals surface area contributed by atoms with Gasteiger partial charge in [-0.2, -0.15) is 0 Å². The molecule has 1 heterocycles. The van der Waals surface area contributed by atoms with E-state index < -0.39 is 0 Å². The molecule has 0 unspecified atom stereocenters. The number of anilines is 1.